The first-order valence-corrected chi connectivity index (χ1v) is 11.6. The van der Waals surface area contributed by atoms with Crippen LogP contribution >= 0.6 is 23.1 Å². The van der Waals surface area contributed by atoms with E-state index in [0.717, 1.165) is 44.0 Å². The van der Waals surface area contributed by atoms with E-state index >= 15 is 0 Å². The third-order valence-electron chi connectivity index (χ3n) is 5.21. The molecular formula is C21H27ClFN5O3S. The van der Waals surface area contributed by atoms with Gasteiger partial charge in [-0.15, -0.1) is 0 Å². The Balaban J connectivity index is 1.52. The Morgan fingerprint density at radius 1 is 1.31 bits per heavy atom. The van der Waals surface area contributed by atoms with Gasteiger partial charge in [0, 0.05) is 17.1 Å². The highest BCUT2D eigenvalue weighted by Crippen LogP contribution is 2.31. The average Bonchev–Trinajstić information content (AvgIpc) is 3.39. The Morgan fingerprint density at radius 3 is 2.78 bits per heavy atom. The maximum atomic E-state index is 13.8. The average molecular weight is 484 g/mol. The van der Waals surface area contributed by atoms with Gasteiger partial charge in [0.1, 0.15) is 23.0 Å². The number of nitrogens with one attached hydrogen (secondary N) is 2. The van der Waals surface area contributed by atoms with E-state index in [1.807, 2.05) is 0 Å². The molecule has 0 unspecified atom stereocenters. The van der Waals surface area contributed by atoms with E-state index in [2.05, 4.69) is 19.9 Å². The number of hydrogen-bond acceptors (Lipinski definition) is 6. The topological polar surface area (TPSA) is 110 Å². The van der Waals surface area contributed by atoms with Crippen molar-refractivity contribution in [3.05, 3.63) is 39.7 Å². The summed E-state index contributed by atoms with van der Waals surface area (Å²) in [6.07, 6.45) is 4.39. The molecule has 0 spiro atoms. The highest BCUT2D eigenvalue weighted by Gasteiger charge is 2.22. The molecule has 0 bridgehead atoms. The van der Waals surface area contributed by atoms with Crippen molar-refractivity contribution in [2.75, 3.05) is 31.5 Å². The number of likely N-dealkylation sites (tertiary alicyclic amines) is 1. The molecule has 1 saturated heterocycles. The maximum absolute atomic E-state index is 13.8. The third kappa shape index (κ3) is 6.54. The molecule has 2 aromatic rings. The number of rotatable bonds is 10. The van der Waals surface area contributed by atoms with Crippen LogP contribution in [0.15, 0.2) is 12.1 Å². The molecule has 11 heteroatoms. The number of unbranched alkanes of at least 4 members (excludes halogenated alkanes) is 1. The number of nitrogens with two attached hydrogens (primary N) is 1. The maximum Gasteiger partial charge on any atom is 0.319 e. The van der Waals surface area contributed by atoms with Crippen molar-refractivity contribution in [3.63, 3.8) is 0 Å². The predicted octanol–water partition coefficient (Wildman–Crippen LogP) is 3.92. The van der Waals surface area contributed by atoms with Crippen molar-refractivity contribution >= 4 is 40.1 Å². The summed E-state index contributed by atoms with van der Waals surface area (Å²) < 4.78 is 23.4. The summed E-state index contributed by atoms with van der Waals surface area (Å²) in [5.41, 5.74) is 6.24. The lowest BCUT2D eigenvalue weighted by Crippen LogP contribution is -2.30. The van der Waals surface area contributed by atoms with Gasteiger partial charge in [0.2, 0.25) is 5.88 Å². The lowest BCUT2D eigenvalue weighted by Gasteiger charge is -2.14. The molecule has 32 heavy (non-hydrogen) atoms. The quantitative estimate of drug-likeness (QED) is 0.444. The van der Waals surface area contributed by atoms with Crippen LogP contribution in [0.5, 0.6) is 5.88 Å². The Bertz CT molecular complexity index is 965. The third-order valence-corrected chi connectivity index (χ3v) is 6.31. The zero-order chi connectivity index (χ0) is 23.1. The fourth-order valence-electron chi connectivity index (χ4n) is 3.44. The highest BCUT2D eigenvalue weighted by atomic mass is 35.5. The number of ether oxygens (including phenoxy) is 1. The van der Waals surface area contributed by atoms with E-state index < -0.39 is 17.8 Å². The number of carbonyl (C=O) groups is 2. The second kappa shape index (κ2) is 11.4. The van der Waals surface area contributed by atoms with Crippen molar-refractivity contribution in [2.24, 2.45) is 5.73 Å². The van der Waals surface area contributed by atoms with E-state index in [1.165, 1.54) is 25.0 Å². The monoisotopic (exact) mass is 483 g/mol. The summed E-state index contributed by atoms with van der Waals surface area (Å²) in [5, 5.41) is 5.89. The van der Waals surface area contributed by atoms with Crippen molar-refractivity contribution < 1.29 is 18.7 Å². The van der Waals surface area contributed by atoms with Gasteiger partial charge in [-0.25, -0.2) is 9.18 Å². The first kappa shape index (κ1) is 24.2. The van der Waals surface area contributed by atoms with E-state index in [-0.39, 0.29) is 23.1 Å². The minimum atomic E-state index is -0.796. The number of halogens is 2. The van der Waals surface area contributed by atoms with Gasteiger partial charge in [-0.05, 0) is 81.5 Å². The molecule has 8 nitrogen and oxygen atoms in total. The molecule has 1 aliphatic heterocycles. The molecule has 1 aromatic carbocycles. The smallest absolute Gasteiger partial charge is 0.319 e. The van der Waals surface area contributed by atoms with E-state index in [9.17, 15) is 14.0 Å². The molecule has 0 aliphatic carbocycles. The standard InChI is InChI=1S/C21H27ClFN5O3S/c1-13-10-15(22)14(11-16(13)23)12-31-19-17(18(24)29)20(32-27-19)26-21(30)25-6-2-3-7-28-8-4-5-9-28/h10-11H,2-9,12H2,1H3,(H2,24,29)(H2,25,26,30). The van der Waals surface area contributed by atoms with Crippen LogP contribution in [0.3, 0.4) is 0 Å². The number of hydrogen-bond donors (Lipinski definition) is 3. The lowest BCUT2D eigenvalue weighted by atomic mass is 10.1. The van der Waals surface area contributed by atoms with Crippen LogP contribution in [0, 0.1) is 12.7 Å². The number of nitrogens with zero attached hydrogens (tertiary/aromatic N) is 2. The Kier molecular flexibility index (Phi) is 8.66. The molecule has 1 aromatic heterocycles. The first-order valence-electron chi connectivity index (χ1n) is 10.5. The predicted molar refractivity (Wildman–Crippen MR) is 123 cm³/mol. The Hall–Kier alpha value is -2.43. The van der Waals surface area contributed by atoms with Gasteiger partial charge in [0.05, 0.1) is 0 Å². The van der Waals surface area contributed by atoms with Crippen molar-refractivity contribution in [3.8, 4) is 5.88 Å². The number of benzene rings is 1. The number of anilines is 1. The van der Waals surface area contributed by atoms with Crippen LogP contribution in [-0.2, 0) is 6.61 Å². The molecule has 2 heterocycles. The minimum absolute atomic E-state index is 0.0390. The van der Waals surface area contributed by atoms with E-state index in [1.54, 1.807) is 6.92 Å². The van der Waals surface area contributed by atoms with Gasteiger partial charge in [-0.3, -0.25) is 10.1 Å². The largest absolute Gasteiger partial charge is 0.472 e. The van der Waals surface area contributed by atoms with Crippen LogP contribution in [0.25, 0.3) is 0 Å². The second-order valence-corrected chi connectivity index (χ2v) is 8.85. The molecular weight excluding hydrogens is 457 g/mol. The van der Waals surface area contributed by atoms with Gasteiger partial charge in [-0.1, -0.05) is 11.6 Å². The number of aromatic nitrogens is 1. The number of amides is 3. The normalized spacial score (nSPS) is 13.8. The summed E-state index contributed by atoms with van der Waals surface area (Å²) in [5.74, 6) is -1.25. The van der Waals surface area contributed by atoms with E-state index in [0.29, 0.717) is 22.7 Å². The fraction of sp³-hybridized carbons (Fsp3) is 0.476. The molecule has 174 valence electrons. The SMILES string of the molecule is Cc1cc(Cl)c(COc2nsc(NC(=O)NCCCCN3CCCC3)c2C(N)=O)cc1F. The summed E-state index contributed by atoms with van der Waals surface area (Å²) in [6, 6.07) is 2.31. The zero-order valence-electron chi connectivity index (χ0n) is 17.9. The second-order valence-electron chi connectivity index (χ2n) is 7.67. The molecule has 0 saturated carbocycles. The molecule has 3 amide bonds. The fourth-order valence-corrected chi connectivity index (χ4v) is 4.45. The number of urea groups is 1. The summed E-state index contributed by atoms with van der Waals surface area (Å²) >= 11 is 7.00. The van der Waals surface area contributed by atoms with Crippen LogP contribution in [0.2, 0.25) is 5.02 Å². The minimum Gasteiger partial charge on any atom is -0.472 e. The summed E-state index contributed by atoms with van der Waals surface area (Å²) in [6.45, 7) is 5.37. The van der Waals surface area contributed by atoms with Gasteiger partial charge in [-0.2, -0.15) is 4.37 Å². The highest BCUT2D eigenvalue weighted by molar-refractivity contribution is 7.11. The van der Waals surface area contributed by atoms with Crippen LogP contribution in [0.4, 0.5) is 14.2 Å². The lowest BCUT2D eigenvalue weighted by molar-refractivity contribution is 0.0996. The van der Waals surface area contributed by atoms with Gasteiger partial charge in [0.25, 0.3) is 5.91 Å². The Labute approximate surface area is 195 Å². The van der Waals surface area contributed by atoms with Crippen molar-refractivity contribution in [1.29, 1.82) is 0 Å². The van der Waals surface area contributed by atoms with Crippen LogP contribution in [-0.4, -0.2) is 47.4 Å². The summed E-state index contributed by atoms with van der Waals surface area (Å²) in [4.78, 5) is 26.6. The summed E-state index contributed by atoms with van der Waals surface area (Å²) in [7, 11) is 0. The molecule has 0 atom stereocenters. The molecule has 0 radical (unpaired) electrons. The molecule has 1 aliphatic rings. The van der Waals surface area contributed by atoms with Crippen LogP contribution in [0.1, 0.15) is 47.2 Å². The van der Waals surface area contributed by atoms with Crippen molar-refractivity contribution in [1.82, 2.24) is 14.6 Å². The Morgan fingerprint density at radius 2 is 2.06 bits per heavy atom. The molecule has 4 N–H and O–H groups in total. The van der Waals surface area contributed by atoms with Crippen LogP contribution < -0.4 is 21.1 Å². The number of carbonyl (C=O) groups excluding carboxylic acids is 2. The van der Waals surface area contributed by atoms with Gasteiger partial charge in [0.15, 0.2) is 0 Å². The molecule has 3 rings (SSSR count). The van der Waals surface area contributed by atoms with E-state index in [4.69, 9.17) is 22.1 Å². The number of primary amides is 1. The molecule has 1 fully saturated rings. The van der Waals surface area contributed by atoms with Crippen molar-refractivity contribution in [2.45, 2.75) is 39.2 Å². The zero-order valence-corrected chi connectivity index (χ0v) is 19.5. The number of aryl methyl sites for hydroxylation is 1. The van der Waals surface area contributed by atoms with Gasteiger partial charge < -0.3 is 20.7 Å². The van der Waals surface area contributed by atoms with Gasteiger partial charge >= 0.3 is 6.03 Å². The first-order chi connectivity index (χ1) is 15.3.